The lowest BCUT2D eigenvalue weighted by Gasteiger charge is -2.01. The summed E-state index contributed by atoms with van der Waals surface area (Å²) in [5.74, 6) is 0. The van der Waals surface area contributed by atoms with Gasteiger partial charge < -0.3 is 4.98 Å². The molecule has 1 heterocycles. The van der Waals surface area contributed by atoms with Crippen LogP contribution in [0.4, 0.5) is 0 Å². The van der Waals surface area contributed by atoms with Crippen LogP contribution in [0.25, 0.3) is 10.9 Å². The second-order valence-corrected chi connectivity index (χ2v) is 5.61. The van der Waals surface area contributed by atoms with Crippen molar-refractivity contribution >= 4 is 10.9 Å². The standard InChI is InChI=1S/C18H27N/c1-2-3-4-5-6-7-8-9-13-17-15-16-12-10-11-14-18(16)19-17/h10-12,14-15,19H,2-9,13H2,1H3. The fourth-order valence-electron chi connectivity index (χ4n) is 2.72. The van der Waals surface area contributed by atoms with E-state index in [0.717, 1.165) is 0 Å². The van der Waals surface area contributed by atoms with Crippen LogP contribution in [0.5, 0.6) is 0 Å². The number of aromatic nitrogens is 1. The van der Waals surface area contributed by atoms with E-state index < -0.39 is 0 Å². The molecular formula is C18H27N. The highest BCUT2D eigenvalue weighted by molar-refractivity contribution is 5.80. The molecule has 1 N–H and O–H groups in total. The first-order valence-electron chi connectivity index (χ1n) is 7.97. The molecule has 0 bridgehead atoms. The van der Waals surface area contributed by atoms with Crippen molar-refractivity contribution < 1.29 is 0 Å². The Labute approximate surface area is 117 Å². The average Bonchev–Trinajstić information content (AvgIpc) is 2.84. The average molecular weight is 257 g/mol. The van der Waals surface area contributed by atoms with E-state index in [-0.39, 0.29) is 0 Å². The third-order valence-corrected chi connectivity index (χ3v) is 3.89. The topological polar surface area (TPSA) is 15.8 Å². The second kappa shape index (κ2) is 8.04. The van der Waals surface area contributed by atoms with E-state index in [2.05, 4.69) is 42.2 Å². The number of hydrogen-bond donors (Lipinski definition) is 1. The Bertz CT molecular complexity index is 436. The molecule has 104 valence electrons. The quantitative estimate of drug-likeness (QED) is 0.542. The van der Waals surface area contributed by atoms with Crippen LogP contribution >= 0.6 is 0 Å². The molecule has 1 aromatic heterocycles. The first kappa shape index (κ1) is 14.2. The Morgan fingerprint density at radius 3 is 2.26 bits per heavy atom. The van der Waals surface area contributed by atoms with E-state index in [1.807, 2.05) is 0 Å². The molecule has 0 aliphatic rings. The lowest BCUT2D eigenvalue weighted by Crippen LogP contribution is -1.86. The second-order valence-electron chi connectivity index (χ2n) is 5.61. The van der Waals surface area contributed by atoms with Crippen molar-refractivity contribution in [3.05, 3.63) is 36.0 Å². The number of rotatable bonds is 9. The Morgan fingerprint density at radius 1 is 0.842 bits per heavy atom. The molecule has 0 unspecified atom stereocenters. The van der Waals surface area contributed by atoms with Gasteiger partial charge in [0.05, 0.1) is 0 Å². The number of fused-ring (bicyclic) bond motifs is 1. The third-order valence-electron chi connectivity index (χ3n) is 3.89. The van der Waals surface area contributed by atoms with Gasteiger partial charge >= 0.3 is 0 Å². The summed E-state index contributed by atoms with van der Waals surface area (Å²) in [7, 11) is 0. The van der Waals surface area contributed by atoms with E-state index in [9.17, 15) is 0 Å². The summed E-state index contributed by atoms with van der Waals surface area (Å²) in [4.78, 5) is 3.51. The van der Waals surface area contributed by atoms with Gasteiger partial charge in [-0.05, 0) is 30.4 Å². The predicted octanol–water partition coefficient (Wildman–Crippen LogP) is 5.85. The smallest absolute Gasteiger partial charge is 0.0456 e. The van der Waals surface area contributed by atoms with Gasteiger partial charge in [-0.3, -0.25) is 0 Å². The molecule has 0 radical (unpaired) electrons. The maximum absolute atomic E-state index is 3.51. The summed E-state index contributed by atoms with van der Waals surface area (Å²) in [5, 5.41) is 1.34. The van der Waals surface area contributed by atoms with Gasteiger partial charge in [-0.1, -0.05) is 70.1 Å². The zero-order valence-corrected chi connectivity index (χ0v) is 12.3. The molecule has 0 saturated heterocycles. The monoisotopic (exact) mass is 257 g/mol. The van der Waals surface area contributed by atoms with E-state index in [1.54, 1.807) is 0 Å². The predicted molar refractivity (Wildman–Crippen MR) is 84.6 cm³/mol. The molecule has 0 saturated carbocycles. The fourth-order valence-corrected chi connectivity index (χ4v) is 2.72. The summed E-state index contributed by atoms with van der Waals surface area (Å²) >= 11 is 0. The Kier molecular flexibility index (Phi) is 6.00. The van der Waals surface area contributed by atoms with Crippen LogP contribution in [0, 0.1) is 0 Å². The highest BCUT2D eigenvalue weighted by Gasteiger charge is 1.99. The summed E-state index contributed by atoms with van der Waals surface area (Å²) in [6.45, 7) is 2.28. The van der Waals surface area contributed by atoms with Gasteiger partial charge in [0.25, 0.3) is 0 Å². The molecule has 2 aromatic rings. The van der Waals surface area contributed by atoms with Crippen LogP contribution in [-0.4, -0.2) is 4.98 Å². The number of unbranched alkanes of at least 4 members (excludes halogenated alkanes) is 7. The Hall–Kier alpha value is -1.24. The third kappa shape index (κ3) is 4.74. The first-order chi connectivity index (χ1) is 9.40. The SMILES string of the molecule is CCCCCCCCCCc1cc2ccccc2[nH]1. The van der Waals surface area contributed by atoms with Crippen LogP contribution in [0.2, 0.25) is 0 Å². The molecule has 0 aliphatic heterocycles. The number of benzene rings is 1. The van der Waals surface area contributed by atoms with Crippen LogP contribution in [0.1, 0.15) is 64.0 Å². The van der Waals surface area contributed by atoms with Crippen molar-refractivity contribution in [2.75, 3.05) is 0 Å². The van der Waals surface area contributed by atoms with Crippen LogP contribution in [-0.2, 0) is 6.42 Å². The van der Waals surface area contributed by atoms with Gasteiger partial charge in [0.2, 0.25) is 0 Å². The molecule has 1 heteroatoms. The van der Waals surface area contributed by atoms with Gasteiger partial charge in [0, 0.05) is 11.2 Å². The molecule has 0 spiro atoms. The van der Waals surface area contributed by atoms with E-state index in [1.165, 1.54) is 74.4 Å². The van der Waals surface area contributed by atoms with Gasteiger partial charge in [0.15, 0.2) is 0 Å². The fraction of sp³-hybridized carbons (Fsp3) is 0.556. The minimum absolute atomic E-state index is 1.20. The summed E-state index contributed by atoms with van der Waals surface area (Å²) in [6, 6.07) is 10.8. The Morgan fingerprint density at radius 2 is 1.53 bits per heavy atom. The summed E-state index contributed by atoms with van der Waals surface area (Å²) < 4.78 is 0. The number of nitrogens with one attached hydrogen (secondary N) is 1. The molecule has 0 fully saturated rings. The molecule has 1 nitrogen and oxygen atoms in total. The van der Waals surface area contributed by atoms with Crippen molar-refractivity contribution in [1.82, 2.24) is 4.98 Å². The molecule has 0 aliphatic carbocycles. The normalized spacial score (nSPS) is 11.2. The maximum atomic E-state index is 3.51. The lowest BCUT2D eigenvalue weighted by molar-refractivity contribution is 0.574. The minimum Gasteiger partial charge on any atom is -0.358 e. The molecule has 0 atom stereocenters. The number of aryl methyl sites for hydroxylation is 1. The molecular weight excluding hydrogens is 230 g/mol. The van der Waals surface area contributed by atoms with Crippen LogP contribution in [0.15, 0.2) is 30.3 Å². The van der Waals surface area contributed by atoms with Crippen molar-refractivity contribution in [2.45, 2.75) is 64.7 Å². The van der Waals surface area contributed by atoms with Gasteiger partial charge in [-0.25, -0.2) is 0 Å². The lowest BCUT2D eigenvalue weighted by atomic mass is 10.1. The number of aromatic amines is 1. The number of para-hydroxylation sites is 1. The van der Waals surface area contributed by atoms with E-state index in [0.29, 0.717) is 0 Å². The number of hydrogen-bond acceptors (Lipinski definition) is 0. The van der Waals surface area contributed by atoms with Crippen LogP contribution in [0.3, 0.4) is 0 Å². The highest BCUT2D eigenvalue weighted by atomic mass is 14.7. The van der Waals surface area contributed by atoms with Gasteiger partial charge in [-0.15, -0.1) is 0 Å². The molecule has 1 aromatic carbocycles. The van der Waals surface area contributed by atoms with Crippen molar-refractivity contribution in [3.63, 3.8) is 0 Å². The van der Waals surface area contributed by atoms with E-state index >= 15 is 0 Å². The van der Waals surface area contributed by atoms with E-state index in [4.69, 9.17) is 0 Å². The molecule has 19 heavy (non-hydrogen) atoms. The molecule has 0 amide bonds. The summed E-state index contributed by atoms with van der Waals surface area (Å²) in [6.07, 6.45) is 12.3. The zero-order chi connectivity index (χ0) is 13.3. The zero-order valence-electron chi connectivity index (χ0n) is 12.3. The van der Waals surface area contributed by atoms with Gasteiger partial charge in [0.1, 0.15) is 0 Å². The van der Waals surface area contributed by atoms with Gasteiger partial charge in [-0.2, -0.15) is 0 Å². The van der Waals surface area contributed by atoms with Crippen molar-refractivity contribution in [3.8, 4) is 0 Å². The minimum atomic E-state index is 1.20. The van der Waals surface area contributed by atoms with Crippen molar-refractivity contribution in [1.29, 1.82) is 0 Å². The first-order valence-corrected chi connectivity index (χ1v) is 7.97. The Balaban J connectivity index is 1.60. The number of H-pyrrole nitrogens is 1. The van der Waals surface area contributed by atoms with Crippen LogP contribution < -0.4 is 0 Å². The molecule has 2 rings (SSSR count). The highest BCUT2D eigenvalue weighted by Crippen LogP contribution is 2.17. The largest absolute Gasteiger partial charge is 0.358 e. The summed E-state index contributed by atoms with van der Waals surface area (Å²) in [5.41, 5.74) is 2.67. The van der Waals surface area contributed by atoms with Crippen molar-refractivity contribution in [2.24, 2.45) is 0 Å². The maximum Gasteiger partial charge on any atom is 0.0456 e.